The highest BCUT2D eigenvalue weighted by atomic mass is 127. The molecule has 2 aromatic carbocycles. The summed E-state index contributed by atoms with van der Waals surface area (Å²) in [5.74, 6) is 3.17. The summed E-state index contributed by atoms with van der Waals surface area (Å²) in [4.78, 5) is 4.26. The van der Waals surface area contributed by atoms with E-state index in [9.17, 15) is 0 Å². The van der Waals surface area contributed by atoms with Crippen molar-refractivity contribution in [2.24, 2.45) is 12.0 Å². The van der Waals surface area contributed by atoms with Crippen LogP contribution >= 0.6 is 24.0 Å². The van der Waals surface area contributed by atoms with E-state index < -0.39 is 0 Å². The van der Waals surface area contributed by atoms with Gasteiger partial charge in [0.25, 0.3) is 0 Å². The van der Waals surface area contributed by atoms with Crippen molar-refractivity contribution in [3.05, 3.63) is 72.1 Å². The number of nitrogens with zero attached hydrogens (tertiary/aromatic N) is 3. The highest BCUT2D eigenvalue weighted by molar-refractivity contribution is 14.0. The van der Waals surface area contributed by atoms with E-state index in [4.69, 9.17) is 9.47 Å². The van der Waals surface area contributed by atoms with Crippen molar-refractivity contribution in [3.63, 3.8) is 0 Å². The van der Waals surface area contributed by atoms with Gasteiger partial charge in [0.2, 0.25) is 0 Å². The van der Waals surface area contributed by atoms with Crippen molar-refractivity contribution in [3.8, 4) is 17.2 Å². The van der Waals surface area contributed by atoms with Crippen LogP contribution in [0.5, 0.6) is 17.2 Å². The van der Waals surface area contributed by atoms with Crippen molar-refractivity contribution in [2.75, 3.05) is 20.7 Å². The van der Waals surface area contributed by atoms with Crippen molar-refractivity contribution in [2.45, 2.75) is 13.0 Å². The van der Waals surface area contributed by atoms with Crippen LogP contribution in [0.2, 0.25) is 0 Å². The molecule has 7 nitrogen and oxygen atoms in total. The normalized spacial score (nSPS) is 10.8. The van der Waals surface area contributed by atoms with E-state index in [0.29, 0.717) is 6.54 Å². The third-order valence-corrected chi connectivity index (χ3v) is 4.51. The third-order valence-electron chi connectivity index (χ3n) is 4.51. The van der Waals surface area contributed by atoms with E-state index in [1.165, 1.54) is 5.56 Å². The highest BCUT2D eigenvalue weighted by Crippen LogP contribution is 2.24. The molecule has 0 saturated heterocycles. The Kier molecular flexibility index (Phi) is 9.46. The SMILES string of the molecule is CN=C(NCCc1ccc(Oc2ccc(OC)cc2)cc1)NCc1ccnn1C.I. The highest BCUT2D eigenvalue weighted by Gasteiger charge is 2.02. The van der Waals surface area contributed by atoms with Crippen LogP contribution in [0.15, 0.2) is 65.8 Å². The maximum absolute atomic E-state index is 5.86. The van der Waals surface area contributed by atoms with Gasteiger partial charge in [0.1, 0.15) is 17.2 Å². The number of halogens is 1. The average molecular weight is 521 g/mol. The summed E-state index contributed by atoms with van der Waals surface area (Å²) < 4.78 is 12.9. The van der Waals surface area contributed by atoms with Gasteiger partial charge < -0.3 is 20.1 Å². The molecule has 0 aliphatic rings. The molecule has 0 aliphatic heterocycles. The van der Waals surface area contributed by atoms with Gasteiger partial charge in [-0.2, -0.15) is 5.10 Å². The minimum atomic E-state index is 0. The second kappa shape index (κ2) is 12.1. The van der Waals surface area contributed by atoms with Crippen LogP contribution in [0.4, 0.5) is 0 Å². The predicted molar refractivity (Wildman–Crippen MR) is 130 cm³/mol. The number of methoxy groups -OCH3 is 1. The molecule has 3 aromatic rings. The van der Waals surface area contributed by atoms with Gasteiger partial charge in [0, 0.05) is 26.8 Å². The molecule has 0 radical (unpaired) electrons. The molecule has 0 atom stereocenters. The van der Waals surface area contributed by atoms with Gasteiger partial charge in [0.05, 0.1) is 19.3 Å². The van der Waals surface area contributed by atoms with Crippen LogP contribution in [-0.2, 0) is 20.0 Å². The van der Waals surface area contributed by atoms with Gasteiger partial charge in [-0.25, -0.2) is 0 Å². The summed E-state index contributed by atoms with van der Waals surface area (Å²) in [7, 11) is 5.34. The maximum Gasteiger partial charge on any atom is 0.191 e. The summed E-state index contributed by atoms with van der Waals surface area (Å²) in [5, 5.41) is 10.8. The van der Waals surface area contributed by atoms with Crippen LogP contribution in [0.1, 0.15) is 11.3 Å². The lowest BCUT2D eigenvalue weighted by Crippen LogP contribution is -2.38. The van der Waals surface area contributed by atoms with E-state index in [1.807, 2.05) is 54.2 Å². The summed E-state index contributed by atoms with van der Waals surface area (Å²) in [6.45, 7) is 1.46. The Balaban J connectivity index is 0.00000320. The molecule has 0 fully saturated rings. The van der Waals surface area contributed by atoms with E-state index in [1.54, 1.807) is 20.4 Å². The van der Waals surface area contributed by atoms with Gasteiger partial charge >= 0.3 is 0 Å². The fraction of sp³-hybridized carbons (Fsp3) is 0.273. The second-order valence-corrected chi connectivity index (χ2v) is 6.47. The first-order chi connectivity index (χ1) is 14.2. The predicted octanol–water partition coefficient (Wildman–Crippen LogP) is 3.75. The van der Waals surface area contributed by atoms with Crippen molar-refractivity contribution >= 4 is 29.9 Å². The maximum atomic E-state index is 5.86. The Labute approximate surface area is 194 Å². The number of aliphatic imine (C=N–C) groups is 1. The van der Waals surface area contributed by atoms with Crippen LogP contribution in [0.25, 0.3) is 0 Å². The quantitative estimate of drug-likeness (QED) is 0.269. The van der Waals surface area contributed by atoms with E-state index in [-0.39, 0.29) is 24.0 Å². The second-order valence-electron chi connectivity index (χ2n) is 6.47. The van der Waals surface area contributed by atoms with Gasteiger partial charge in [-0.05, 0) is 54.4 Å². The fourth-order valence-corrected chi connectivity index (χ4v) is 2.80. The first-order valence-corrected chi connectivity index (χ1v) is 9.50. The van der Waals surface area contributed by atoms with Gasteiger partial charge in [-0.15, -0.1) is 24.0 Å². The van der Waals surface area contributed by atoms with Crippen LogP contribution in [-0.4, -0.2) is 36.4 Å². The van der Waals surface area contributed by atoms with Crippen LogP contribution in [0.3, 0.4) is 0 Å². The van der Waals surface area contributed by atoms with E-state index in [0.717, 1.165) is 41.9 Å². The van der Waals surface area contributed by atoms with Gasteiger partial charge in [-0.1, -0.05) is 12.1 Å². The molecule has 0 unspecified atom stereocenters. The van der Waals surface area contributed by atoms with E-state index >= 15 is 0 Å². The molecule has 0 amide bonds. The van der Waals surface area contributed by atoms with Crippen molar-refractivity contribution < 1.29 is 9.47 Å². The third kappa shape index (κ3) is 6.94. The number of aromatic nitrogens is 2. The van der Waals surface area contributed by atoms with E-state index in [2.05, 4.69) is 32.9 Å². The van der Waals surface area contributed by atoms with Crippen molar-refractivity contribution in [1.29, 1.82) is 0 Å². The summed E-state index contributed by atoms with van der Waals surface area (Å²) in [6, 6.07) is 17.6. The monoisotopic (exact) mass is 521 g/mol. The number of benzene rings is 2. The van der Waals surface area contributed by atoms with Gasteiger partial charge in [0.15, 0.2) is 5.96 Å². The fourth-order valence-electron chi connectivity index (χ4n) is 2.80. The Morgan fingerprint density at radius 3 is 2.17 bits per heavy atom. The lowest BCUT2D eigenvalue weighted by Gasteiger charge is -2.12. The molecule has 8 heteroatoms. The molecule has 1 heterocycles. The zero-order valence-corrected chi connectivity index (χ0v) is 19.8. The molecular formula is C22H28IN5O2. The lowest BCUT2D eigenvalue weighted by atomic mass is 10.1. The summed E-state index contributed by atoms with van der Waals surface area (Å²) in [6.07, 6.45) is 2.67. The number of aryl methyl sites for hydroxylation is 1. The average Bonchev–Trinajstić information content (AvgIpc) is 3.17. The number of hydrogen-bond donors (Lipinski definition) is 2. The smallest absolute Gasteiger partial charge is 0.191 e. The lowest BCUT2D eigenvalue weighted by molar-refractivity contribution is 0.413. The zero-order valence-electron chi connectivity index (χ0n) is 17.5. The van der Waals surface area contributed by atoms with Crippen molar-refractivity contribution in [1.82, 2.24) is 20.4 Å². The molecule has 30 heavy (non-hydrogen) atoms. The number of hydrogen-bond acceptors (Lipinski definition) is 4. The topological polar surface area (TPSA) is 72.7 Å². The number of nitrogens with one attached hydrogen (secondary N) is 2. The molecular weight excluding hydrogens is 493 g/mol. The minimum absolute atomic E-state index is 0. The molecule has 3 rings (SSSR count). The van der Waals surface area contributed by atoms with Gasteiger partial charge in [-0.3, -0.25) is 9.67 Å². The minimum Gasteiger partial charge on any atom is -0.497 e. The number of ether oxygens (including phenoxy) is 2. The zero-order chi connectivity index (χ0) is 20.5. The largest absolute Gasteiger partial charge is 0.497 e. The number of guanidine groups is 1. The molecule has 160 valence electrons. The molecule has 2 N–H and O–H groups in total. The Morgan fingerprint density at radius 1 is 0.967 bits per heavy atom. The molecule has 0 spiro atoms. The Bertz CT molecular complexity index is 923. The molecule has 0 saturated carbocycles. The first-order valence-electron chi connectivity index (χ1n) is 9.50. The molecule has 1 aromatic heterocycles. The molecule has 0 aliphatic carbocycles. The summed E-state index contributed by atoms with van der Waals surface area (Å²) >= 11 is 0. The Morgan fingerprint density at radius 2 is 1.60 bits per heavy atom. The molecule has 0 bridgehead atoms. The summed E-state index contributed by atoms with van der Waals surface area (Å²) in [5.41, 5.74) is 2.32. The van der Waals surface area contributed by atoms with Crippen LogP contribution < -0.4 is 20.1 Å². The Hall–Kier alpha value is -2.75. The number of rotatable bonds is 8. The van der Waals surface area contributed by atoms with Crippen LogP contribution in [0, 0.1) is 0 Å². The standard InChI is InChI=1S/C22H27N5O2.HI/c1-23-22(25-16-18-13-15-26-27(18)2)24-14-12-17-4-6-20(7-5-17)29-21-10-8-19(28-3)9-11-21;/h4-11,13,15H,12,14,16H2,1-3H3,(H2,23,24,25);1H. The first kappa shape index (κ1) is 23.5.